The molecule has 1 amide bonds. The van der Waals surface area contributed by atoms with Crippen molar-refractivity contribution < 1.29 is 4.79 Å². The molecule has 1 N–H and O–H groups in total. The van der Waals surface area contributed by atoms with E-state index in [2.05, 4.69) is 36.4 Å². The van der Waals surface area contributed by atoms with Crippen LogP contribution in [0.2, 0.25) is 0 Å². The van der Waals surface area contributed by atoms with Crippen molar-refractivity contribution in [2.75, 3.05) is 11.1 Å². The minimum atomic E-state index is -0.0981. The van der Waals surface area contributed by atoms with Gasteiger partial charge in [-0.25, -0.2) is 4.98 Å². The Balaban J connectivity index is 1.70. The number of rotatable bonds is 4. The van der Waals surface area contributed by atoms with Crippen LogP contribution in [0.1, 0.15) is 17.1 Å². The molecule has 0 aliphatic rings. The number of amides is 1. The molecule has 24 heavy (non-hydrogen) atoms. The molecule has 0 bridgehead atoms. The molecule has 3 aromatic rings. The summed E-state index contributed by atoms with van der Waals surface area (Å²) in [5, 5.41) is 11.8. The highest BCUT2D eigenvalue weighted by atomic mass is 79.9. The standard InChI is InChI=1S/C16H16BrN5OS/c1-9-4-5-13(12(17)6-9)19-15(23)8-24-16-21-20-14-7-10(2)18-11(3)22(14)16/h4-7H,8H2,1-3H3,(H,19,23). The minimum Gasteiger partial charge on any atom is -0.324 e. The predicted molar refractivity (Wildman–Crippen MR) is 98.5 cm³/mol. The van der Waals surface area contributed by atoms with Gasteiger partial charge >= 0.3 is 0 Å². The van der Waals surface area contributed by atoms with Gasteiger partial charge in [-0.15, -0.1) is 10.2 Å². The summed E-state index contributed by atoms with van der Waals surface area (Å²) in [5.41, 5.74) is 3.52. The monoisotopic (exact) mass is 405 g/mol. The van der Waals surface area contributed by atoms with Crippen LogP contribution in [0.15, 0.2) is 33.9 Å². The summed E-state index contributed by atoms with van der Waals surface area (Å²) in [6.45, 7) is 5.82. The molecule has 2 heterocycles. The predicted octanol–water partition coefficient (Wildman–Crippen LogP) is 3.54. The summed E-state index contributed by atoms with van der Waals surface area (Å²) in [6, 6.07) is 7.67. The van der Waals surface area contributed by atoms with Gasteiger partial charge in [0.2, 0.25) is 5.91 Å². The number of halogens is 1. The van der Waals surface area contributed by atoms with E-state index >= 15 is 0 Å². The van der Waals surface area contributed by atoms with Crippen molar-refractivity contribution in [2.24, 2.45) is 0 Å². The fourth-order valence-electron chi connectivity index (χ4n) is 2.33. The first-order valence-corrected chi connectivity index (χ1v) is 9.10. The molecule has 124 valence electrons. The van der Waals surface area contributed by atoms with Gasteiger partial charge in [0, 0.05) is 16.2 Å². The van der Waals surface area contributed by atoms with E-state index in [0.29, 0.717) is 5.16 Å². The number of benzene rings is 1. The van der Waals surface area contributed by atoms with Crippen LogP contribution < -0.4 is 5.32 Å². The molecule has 1 aromatic carbocycles. The average molecular weight is 406 g/mol. The fraction of sp³-hybridized carbons (Fsp3) is 0.250. The first-order valence-electron chi connectivity index (χ1n) is 7.32. The van der Waals surface area contributed by atoms with Crippen LogP contribution in [0, 0.1) is 20.8 Å². The van der Waals surface area contributed by atoms with Gasteiger partial charge in [-0.1, -0.05) is 17.8 Å². The quantitative estimate of drug-likeness (QED) is 0.671. The number of nitrogens with zero attached hydrogens (tertiary/aromatic N) is 4. The topological polar surface area (TPSA) is 72.2 Å². The van der Waals surface area contributed by atoms with E-state index < -0.39 is 0 Å². The van der Waals surface area contributed by atoms with Crippen LogP contribution in [-0.2, 0) is 4.79 Å². The summed E-state index contributed by atoms with van der Waals surface area (Å²) in [4.78, 5) is 16.6. The summed E-state index contributed by atoms with van der Waals surface area (Å²) in [7, 11) is 0. The highest BCUT2D eigenvalue weighted by Gasteiger charge is 2.13. The Hall–Kier alpha value is -1.93. The molecule has 0 spiro atoms. The molecule has 0 fully saturated rings. The smallest absolute Gasteiger partial charge is 0.234 e. The van der Waals surface area contributed by atoms with E-state index in [-0.39, 0.29) is 11.7 Å². The van der Waals surface area contributed by atoms with Crippen molar-refractivity contribution in [3.8, 4) is 0 Å². The maximum Gasteiger partial charge on any atom is 0.234 e. The SMILES string of the molecule is Cc1ccc(NC(=O)CSc2nnc3cc(C)nc(C)n23)c(Br)c1. The largest absolute Gasteiger partial charge is 0.324 e. The van der Waals surface area contributed by atoms with Gasteiger partial charge in [-0.05, 0) is 54.4 Å². The lowest BCUT2D eigenvalue weighted by Crippen LogP contribution is -2.14. The number of aromatic nitrogens is 4. The maximum absolute atomic E-state index is 12.2. The van der Waals surface area contributed by atoms with E-state index in [1.165, 1.54) is 11.8 Å². The van der Waals surface area contributed by atoms with Crippen molar-refractivity contribution >= 4 is 44.9 Å². The number of anilines is 1. The normalized spacial score (nSPS) is 11.0. The number of hydrogen-bond acceptors (Lipinski definition) is 5. The van der Waals surface area contributed by atoms with Crippen LogP contribution in [0.4, 0.5) is 5.69 Å². The second kappa shape index (κ2) is 6.90. The Kier molecular flexibility index (Phi) is 4.86. The molecule has 6 nitrogen and oxygen atoms in total. The van der Waals surface area contributed by atoms with E-state index in [1.54, 1.807) is 0 Å². The number of hydrogen-bond donors (Lipinski definition) is 1. The molecule has 0 atom stereocenters. The molecular weight excluding hydrogens is 390 g/mol. The molecule has 0 aliphatic heterocycles. The second-order valence-electron chi connectivity index (χ2n) is 5.44. The Labute approximate surface area is 152 Å². The highest BCUT2D eigenvalue weighted by molar-refractivity contribution is 9.10. The molecule has 2 aromatic heterocycles. The molecular formula is C16H16BrN5OS. The molecule has 0 radical (unpaired) electrons. The average Bonchev–Trinajstić information content (AvgIpc) is 2.91. The fourth-order valence-corrected chi connectivity index (χ4v) is 3.71. The molecule has 0 unspecified atom stereocenters. The zero-order valence-corrected chi connectivity index (χ0v) is 15.9. The van der Waals surface area contributed by atoms with Gasteiger partial charge in [0.1, 0.15) is 5.82 Å². The van der Waals surface area contributed by atoms with Crippen molar-refractivity contribution in [2.45, 2.75) is 25.9 Å². The Morgan fingerprint density at radius 2 is 2.04 bits per heavy atom. The summed E-state index contributed by atoms with van der Waals surface area (Å²) >= 11 is 4.79. The van der Waals surface area contributed by atoms with Gasteiger partial charge in [-0.2, -0.15) is 0 Å². The van der Waals surface area contributed by atoms with Crippen LogP contribution >= 0.6 is 27.7 Å². The lowest BCUT2D eigenvalue weighted by atomic mass is 10.2. The van der Waals surface area contributed by atoms with Crippen molar-refractivity contribution in [3.05, 3.63) is 45.8 Å². The molecule has 0 aliphatic carbocycles. The van der Waals surface area contributed by atoms with Gasteiger partial charge in [-0.3, -0.25) is 9.20 Å². The van der Waals surface area contributed by atoms with Crippen LogP contribution in [-0.4, -0.2) is 31.2 Å². The number of nitrogens with one attached hydrogen (secondary N) is 1. The number of fused-ring (bicyclic) bond motifs is 1. The molecule has 8 heteroatoms. The third-order valence-electron chi connectivity index (χ3n) is 3.39. The van der Waals surface area contributed by atoms with Crippen molar-refractivity contribution in [1.82, 2.24) is 19.6 Å². The third kappa shape index (κ3) is 3.59. The van der Waals surface area contributed by atoms with Crippen LogP contribution in [0.3, 0.4) is 0 Å². The zero-order valence-electron chi connectivity index (χ0n) is 13.5. The van der Waals surface area contributed by atoms with Crippen molar-refractivity contribution in [3.63, 3.8) is 0 Å². The Morgan fingerprint density at radius 1 is 1.25 bits per heavy atom. The maximum atomic E-state index is 12.2. The number of thioether (sulfide) groups is 1. The number of aryl methyl sites for hydroxylation is 3. The zero-order chi connectivity index (χ0) is 17.3. The van der Waals surface area contributed by atoms with E-state index in [4.69, 9.17) is 0 Å². The van der Waals surface area contributed by atoms with Gasteiger partial charge in [0.15, 0.2) is 10.8 Å². The summed E-state index contributed by atoms with van der Waals surface area (Å²) < 4.78 is 2.72. The Bertz CT molecular complexity index is 924. The van der Waals surface area contributed by atoms with E-state index in [1.807, 2.05) is 49.4 Å². The molecule has 3 rings (SSSR count). The van der Waals surface area contributed by atoms with E-state index in [9.17, 15) is 4.79 Å². The summed E-state index contributed by atoms with van der Waals surface area (Å²) in [6.07, 6.45) is 0. The first-order chi connectivity index (χ1) is 11.4. The third-order valence-corrected chi connectivity index (χ3v) is 4.97. The highest BCUT2D eigenvalue weighted by Crippen LogP contribution is 2.24. The molecule has 0 saturated heterocycles. The van der Waals surface area contributed by atoms with Crippen molar-refractivity contribution in [1.29, 1.82) is 0 Å². The number of carbonyl (C=O) groups excluding carboxylic acids is 1. The number of carbonyl (C=O) groups is 1. The minimum absolute atomic E-state index is 0.0981. The second-order valence-corrected chi connectivity index (χ2v) is 7.24. The molecule has 0 saturated carbocycles. The van der Waals surface area contributed by atoms with Gasteiger partial charge in [0.05, 0.1) is 11.4 Å². The van der Waals surface area contributed by atoms with E-state index in [0.717, 1.165) is 32.9 Å². The Morgan fingerprint density at radius 3 is 2.79 bits per heavy atom. The lowest BCUT2D eigenvalue weighted by Gasteiger charge is -2.08. The lowest BCUT2D eigenvalue weighted by molar-refractivity contribution is -0.113. The summed E-state index contributed by atoms with van der Waals surface area (Å²) in [5.74, 6) is 0.951. The van der Waals surface area contributed by atoms with Crippen LogP contribution in [0.25, 0.3) is 5.65 Å². The van der Waals surface area contributed by atoms with Gasteiger partial charge < -0.3 is 5.32 Å². The first kappa shape index (κ1) is 16.9. The van der Waals surface area contributed by atoms with Crippen LogP contribution in [0.5, 0.6) is 0 Å². The van der Waals surface area contributed by atoms with Gasteiger partial charge in [0.25, 0.3) is 0 Å².